The summed E-state index contributed by atoms with van der Waals surface area (Å²) in [5, 5.41) is 4.09. The minimum absolute atomic E-state index is 0. The summed E-state index contributed by atoms with van der Waals surface area (Å²) < 4.78 is 11.1. The minimum Gasteiger partial charge on any atom is -0.437 e. The number of nitrogens with two attached hydrogens (primary N) is 1. The number of hydrogen-bond donors (Lipinski definition) is 1. The Bertz CT molecular complexity index is 834. The molecule has 0 unspecified atom stereocenters. The van der Waals surface area contributed by atoms with Gasteiger partial charge in [0.25, 0.3) is 5.89 Å². The molecule has 2 heterocycles. The number of halogens is 1. The van der Waals surface area contributed by atoms with Crippen LogP contribution >= 0.6 is 12.4 Å². The van der Waals surface area contributed by atoms with Crippen molar-refractivity contribution in [3.63, 3.8) is 0 Å². The predicted molar refractivity (Wildman–Crippen MR) is 93.4 cm³/mol. The van der Waals surface area contributed by atoms with Gasteiger partial charge in [-0.1, -0.05) is 24.1 Å². The van der Waals surface area contributed by atoms with Crippen LogP contribution in [0.5, 0.6) is 11.6 Å². The molecule has 0 saturated heterocycles. The van der Waals surface area contributed by atoms with Gasteiger partial charge in [0.2, 0.25) is 5.88 Å². The van der Waals surface area contributed by atoms with E-state index >= 15 is 0 Å². The van der Waals surface area contributed by atoms with Crippen molar-refractivity contribution in [3.8, 4) is 23.1 Å². The van der Waals surface area contributed by atoms with Crippen LogP contribution in [-0.2, 0) is 5.54 Å². The van der Waals surface area contributed by atoms with Gasteiger partial charge in [0, 0.05) is 18.0 Å². The van der Waals surface area contributed by atoms with Crippen LogP contribution in [0, 0.1) is 0 Å². The highest BCUT2D eigenvalue weighted by Crippen LogP contribution is 2.35. The second-order valence-electron chi connectivity index (χ2n) is 5.96. The lowest BCUT2D eigenvalue weighted by molar-refractivity contribution is 0.372. The molecule has 1 aliphatic rings. The Morgan fingerprint density at radius 1 is 1.16 bits per heavy atom. The number of benzene rings is 1. The second-order valence-corrected chi connectivity index (χ2v) is 5.96. The van der Waals surface area contributed by atoms with Crippen molar-refractivity contribution < 1.29 is 9.26 Å². The van der Waals surface area contributed by atoms with Gasteiger partial charge in [0.1, 0.15) is 5.75 Å². The molecule has 25 heavy (non-hydrogen) atoms. The molecule has 0 amide bonds. The van der Waals surface area contributed by atoms with E-state index in [2.05, 4.69) is 20.1 Å². The Morgan fingerprint density at radius 2 is 2.00 bits per heavy atom. The Morgan fingerprint density at radius 3 is 2.76 bits per heavy atom. The van der Waals surface area contributed by atoms with Crippen LogP contribution in [-0.4, -0.2) is 20.1 Å². The fourth-order valence-electron chi connectivity index (χ4n) is 2.92. The molecule has 2 aromatic heterocycles. The van der Waals surface area contributed by atoms with Crippen molar-refractivity contribution in [1.82, 2.24) is 20.1 Å². The molecule has 1 fully saturated rings. The summed E-state index contributed by atoms with van der Waals surface area (Å²) in [5.41, 5.74) is 6.69. The third-order valence-electron chi connectivity index (χ3n) is 4.21. The van der Waals surface area contributed by atoms with E-state index < -0.39 is 5.54 Å². The zero-order valence-corrected chi connectivity index (χ0v) is 14.3. The highest BCUT2D eigenvalue weighted by atomic mass is 35.5. The average Bonchev–Trinajstić information content (AvgIpc) is 3.26. The van der Waals surface area contributed by atoms with Crippen molar-refractivity contribution >= 4 is 12.4 Å². The molecular formula is C17H18ClN5O2. The van der Waals surface area contributed by atoms with Crippen molar-refractivity contribution in [2.75, 3.05) is 0 Å². The van der Waals surface area contributed by atoms with Crippen LogP contribution in [0.25, 0.3) is 11.5 Å². The SMILES string of the molecule is Cl.NC1(c2noc(-c3cccc(Oc4cnccn4)c3)n2)CCCC1. The molecule has 7 nitrogen and oxygen atoms in total. The van der Waals surface area contributed by atoms with Gasteiger partial charge in [-0.3, -0.25) is 4.98 Å². The van der Waals surface area contributed by atoms with E-state index in [1.807, 2.05) is 24.3 Å². The van der Waals surface area contributed by atoms with Crippen LogP contribution in [0.15, 0.2) is 47.4 Å². The second kappa shape index (κ2) is 7.16. The first-order chi connectivity index (χ1) is 11.7. The number of ether oxygens (including phenoxy) is 1. The van der Waals surface area contributed by atoms with Crippen molar-refractivity contribution in [1.29, 1.82) is 0 Å². The zero-order chi connectivity index (χ0) is 16.4. The molecule has 130 valence electrons. The predicted octanol–water partition coefficient (Wildman–Crippen LogP) is 3.47. The normalized spacial score (nSPS) is 15.6. The topological polar surface area (TPSA) is 100.0 Å². The lowest BCUT2D eigenvalue weighted by Crippen LogP contribution is -2.34. The van der Waals surface area contributed by atoms with Crippen molar-refractivity contribution in [3.05, 3.63) is 48.7 Å². The maximum absolute atomic E-state index is 6.38. The van der Waals surface area contributed by atoms with E-state index in [1.54, 1.807) is 18.6 Å². The standard InChI is InChI=1S/C17H17N5O2.ClH/c18-17(6-1-2-7-17)16-21-15(24-22-16)12-4-3-5-13(10-12)23-14-11-19-8-9-20-14;/h3-5,8-11H,1-2,6-7,18H2;1H. The molecule has 0 spiro atoms. The maximum atomic E-state index is 6.38. The molecule has 3 aromatic rings. The van der Waals surface area contributed by atoms with Gasteiger partial charge >= 0.3 is 0 Å². The van der Waals surface area contributed by atoms with Gasteiger partial charge in [-0.05, 0) is 31.0 Å². The van der Waals surface area contributed by atoms with E-state index in [0.717, 1.165) is 31.2 Å². The largest absolute Gasteiger partial charge is 0.437 e. The Hall–Kier alpha value is -2.51. The Kier molecular flexibility index (Phi) is 4.96. The average molecular weight is 360 g/mol. The number of rotatable bonds is 4. The van der Waals surface area contributed by atoms with Gasteiger partial charge in [-0.25, -0.2) is 4.98 Å². The third-order valence-corrected chi connectivity index (χ3v) is 4.21. The van der Waals surface area contributed by atoms with Crippen LogP contribution in [0.2, 0.25) is 0 Å². The quantitative estimate of drug-likeness (QED) is 0.761. The third kappa shape index (κ3) is 3.62. The molecule has 0 bridgehead atoms. The first-order valence-electron chi connectivity index (χ1n) is 7.90. The molecular weight excluding hydrogens is 342 g/mol. The van der Waals surface area contributed by atoms with Crippen LogP contribution in [0.4, 0.5) is 0 Å². The summed E-state index contributed by atoms with van der Waals surface area (Å²) in [4.78, 5) is 12.6. The lowest BCUT2D eigenvalue weighted by Gasteiger charge is -2.17. The van der Waals surface area contributed by atoms with E-state index in [4.69, 9.17) is 15.0 Å². The molecule has 1 aliphatic carbocycles. The molecule has 2 N–H and O–H groups in total. The lowest BCUT2D eigenvalue weighted by atomic mass is 9.99. The van der Waals surface area contributed by atoms with E-state index in [0.29, 0.717) is 23.3 Å². The van der Waals surface area contributed by atoms with Crippen molar-refractivity contribution in [2.45, 2.75) is 31.2 Å². The maximum Gasteiger partial charge on any atom is 0.258 e. The van der Waals surface area contributed by atoms with Crippen LogP contribution in [0.1, 0.15) is 31.5 Å². The highest BCUT2D eigenvalue weighted by molar-refractivity contribution is 5.85. The molecule has 0 radical (unpaired) electrons. The summed E-state index contributed by atoms with van der Waals surface area (Å²) in [6.07, 6.45) is 8.70. The number of aromatic nitrogens is 4. The number of nitrogens with zero attached hydrogens (tertiary/aromatic N) is 4. The van der Waals surface area contributed by atoms with E-state index in [1.165, 1.54) is 0 Å². The van der Waals surface area contributed by atoms with Gasteiger partial charge < -0.3 is 15.0 Å². The Balaban J connectivity index is 0.00000182. The van der Waals surface area contributed by atoms with Gasteiger partial charge in [0.05, 0.1) is 11.7 Å². The first-order valence-corrected chi connectivity index (χ1v) is 7.90. The molecule has 4 rings (SSSR count). The van der Waals surface area contributed by atoms with Crippen LogP contribution < -0.4 is 10.5 Å². The summed E-state index contributed by atoms with van der Waals surface area (Å²) in [5.74, 6) is 2.06. The summed E-state index contributed by atoms with van der Waals surface area (Å²) in [7, 11) is 0. The monoisotopic (exact) mass is 359 g/mol. The molecule has 0 atom stereocenters. The minimum atomic E-state index is -0.463. The molecule has 8 heteroatoms. The zero-order valence-electron chi connectivity index (χ0n) is 13.5. The van der Waals surface area contributed by atoms with E-state index in [9.17, 15) is 0 Å². The first kappa shape index (κ1) is 17.3. The van der Waals surface area contributed by atoms with Gasteiger partial charge in [0.15, 0.2) is 5.82 Å². The molecule has 1 saturated carbocycles. The fraction of sp³-hybridized carbons (Fsp3) is 0.294. The van der Waals surface area contributed by atoms with E-state index in [-0.39, 0.29) is 12.4 Å². The molecule has 0 aliphatic heterocycles. The van der Waals surface area contributed by atoms with Crippen molar-refractivity contribution in [2.24, 2.45) is 5.73 Å². The summed E-state index contributed by atoms with van der Waals surface area (Å²) >= 11 is 0. The highest BCUT2D eigenvalue weighted by Gasteiger charge is 2.36. The smallest absolute Gasteiger partial charge is 0.258 e. The summed E-state index contributed by atoms with van der Waals surface area (Å²) in [6, 6.07) is 7.40. The Labute approximate surface area is 151 Å². The summed E-state index contributed by atoms with van der Waals surface area (Å²) in [6.45, 7) is 0. The fourth-order valence-corrected chi connectivity index (χ4v) is 2.92. The van der Waals surface area contributed by atoms with Gasteiger partial charge in [-0.2, -0.15) is 4.98 Å². The number of hydrogen-bond acceptors (Lipinski definition) is 7. The molecule has 1 aromatic carbocycles. The van der Waals surface area contributed by atoms with Gasteiger partial charge in [-0.15, -0.1) is 12.4 Å². The van der Waals surface area contributed by atoms with Crippen LogP contribution in [0.3, 0.4) is 0 Å².